The lowest BCUT2D eigenvalue weighted by atomic mass is 10.1. The number of likely N-dealkylation sites (N-methyl/N-ethyl adjacent to an activating group) is 1. The predicted octanol–water partition coefficient (Wildman–Crippen LogP) is 4.39. The third kappa shape index (κ3) is 3.84. The van der Waals surface area contributed by atoms with E-state index in [1.165, 1.54) is 5.56 Å². The topological polar surface area (TPSA) is 29.3 Å². The monoisotopic (exact) mass is 312 g/mol. The van der Waals surface area contributed by atoms with Crippen LogP contribution in [0.5, 0.6) is 0 Å². The van der Waals surface area contributed by atoms with E-state index in [0.717, 1.165) is 41.7 Å². The highest BCUT2D eigenvalue weighted by Gasteiger charge is 2.09. The zero-order chi connectivity index (χ0) is 15.4. The van der Waals surface area contributed by atoms with Gasteiger partial charge in [-0.25, -0.2) is 4.98 Å². The van der Waals surface area contributed by atoms with Gasteiger partial charge < -0.3 is 9.32 Å². The van der Waals surface area contributed by atoms with Crippen LogP contribution in [0.3, 0.4) is 0 Å². The highest BCUT2D eigenvalue weighted by atomic mass is 32.1. The molecule has 0 saturated carbocycles. The van der Waals surface area contributed by atoms with Crippen molar-refractivity contribution in [2.24, 2.45) is 0 Å². The van der Waals surface area contributed by atoms with Gasteiger partial charge in [0.25, 0.3) is 0 Å². The van der Waals surface area contributed by atoms with Gasteiger partial charge in [-0.1, -0.05) is 30.3 Å². The molecular weight excluding hydrogens is 292 g/mol. The van der Waals surface area contributed by atoms with Gasteiger partial charge in [-0.15, -0.1) is 11.3 Å². The number of aromatic nitrogens is 1. The fourth-order valence-corrected chi connectivity index (χ4v) is 3.13. The molecule has 3 rings (SSSR count). The molecule has 0 amide bonds. The summed E-state index contributed by atoms with van der Waals surface area (Å²) in [7, 11) is 2.14. The van der Waals surface area contributed by atoms with Crippen molar-refractivity contribution in [3.8, 4) is 10.8 Å². The minimum atomic E-state index is 0.862. The average Bonchev–Trinajstić information content (AvgIpc) is 3.15. The molecule has 0 aliphatic carbocycles. The Morgan fingerprint density at radius 2 is 1.95 bits per heavy atom. The van der Waals surface area contributed by atoms with Crippen molar-refractivity contribution in [3.63, 3.8) is 0 Å². The molecule has 0 fully saturated rings. The SMILES string of the molecule is Cc1ccc(-c2nc(CN(C)CCc3ccccc3)cs2)o1. The normalized spacial score (nSPS) is 11.2. The van der Waals surface area contributed by atoms with Crippen molar-refractivity contribution in [2.45, 2.75) is 19.9 Å². The Bertz CT molecular complexity index is 718. The molecule has 0 bridgehead atoms. The summed E-state index contributed by atoms with van der Waals surface area (Å²) >= 11 is 1.64. The minimum absolute atomic E-state index is 0.862. The van der Waals surface area contributed by atoms with E-state index in [1.807, 2.05) is 19.1 Å². The second-order valence-electron chi connectivity index (χ2n) is 5.53. The van der Waals surface area contributed by atoms with Crippen LogP contribution < -0.4 is 0 Å². The standard InChI is InChI=1S/C18H20N2OS/c1-14-8-9-17(21-14)18-19-16(13-22-18)12-20(2)11-10-15-6-4-3-5-7-15/h3-9,13H,10-12H2,1-2H3. The number of hydrogen-bond donors (Lipinski definition) is 0. The molecule has 2 aromatic heterocycles. The molecule has 0 radical (unpaired) electrons. The van der Waals surface area contributed by atoms with E-state index in [2.05, 4.69) is 52.6 Å². The van der Waals surface area contributed by atoms with Gasteiger partial charge in [0.15, 0.2) is 10.8 Å². The molecule has 0 unspecified atom stereocenters. The van der Waals surface area contributed by atoms with E-state index in [1.54, 1.807) is 11.3 Å². The molecule has 0 spiro atoms. The maximum absolute atomic E-state index is 5.63. The van der Waals surface area contributed by atoms with Crippen LogP contribution in [0.4, 0.5) is 0 Å². The Kier molecular flexibility index (Phi) is 4.71. The molecular formula is C18H20N2OS. The molecule has 4 heteroatoms. The number of aryl methyl sites for hydroxylation is 1. The van der Waals surface area contributed by atoms with E-state index in [9.17, 15) is 0 Å². The van der Waals surface area contributed by atoms with Crippen molar-refractivity contribution in [1.82, 2.24) is 9.88 Å². The maximum Gasteiger partial charge on any atom is 0.162 e. The first kappa shape index (κ1) is 15.0. The number of rotatable bonds is 6. The van der Waals surface area contributed by atoms with E-state index in [4.69, 9.17) is 4.42 Å². The van der Waals surface area contributed by atoms with Crippen molar-refractivity contribution in [1.29, 1.82) is 0 Å². The second-order valence-corrected chi connectivity index (χ2v) is 6.39. The summed E-state index contributed by atoms with van der Waals surface area (Å²) in [5.41, 5.74) is 2.48. The maximum atomic E-state index is 5.63. The van der Waals surface area contributed by atoms with Crippen LogP contribution in [0.2, 0.25) is 0 Å². The van der Waals surface area contributed by atoms with Gasteiger partial charge in [-0.05, 0) is 38.1 Å². The lowest BCUT2D eigenvalue weighted by molar-refractivity contribution is 0.328. The molecule has 3 nitrogen and oxygen atoms in total. The van der Waals surface area contributed by atoms with Crippen LogP contribution in [-0.2, 0) is 13.0 Å². The summed E-state index contributed by atoms with van der Waals surface area (Å²) in [5, 5.41) is 3.08. The summed E-state index contributed by atoms with van der Waals surface area (Å²) in [6, 6.07) is 14.5. The van der Waals surface area contributed by atoms with Crippen LogP contribution in [-0.4, -0.2) is 23.5 Å². The number of benzene rings is 1. The Morgan fingerprint density at radius 3 is 2.68 bits per heavy atom. The first-order valence-corrected chi connectivity index (χ1v) is 8.32. The van der Waals surface area contributed by atoms with Crippen LogP contribution in [0.1, 0.15) is 17.0 Å². The van der Waals surface area contributed by atoms with Gasteiger partial charge >= 0.3 is 0 Å². The lowest BCUT2D eigenvalue weighted by Gasteiger charge is -2.15. The van der Waals surface area contributed by atoms with Crippen molar-refractivity contribution >= 4 is 11.3 Å². The molecule has 1 aromatic carbocycles. The zero-order valence-corrected chi connectivity index (χ0v) is 13.8. The van der Waals surface area contributed by atoms with Gasteiger partial charge in [-0.3, -0.25) is 0 Å². The smallest absolute Gasteiger partial charge is 0.162 e. The van der Waals surface area contributed by atoms with Gasteiger partial charge in [-0.2, -0.15) is 0 Å². The summed E-state index contributed by atoms with van der Waals surface area (Å²) in [6.07, 6.45) is 1.06. The molecule has 22 heavy (non-hydrogen) atoms. The summed E-state index contributed by atoms with van der Waals surface area (Å²) < 4.78 is 5.63. The number of thiazole rings is 1. The van der Waals surface area contributed by atoms with Gasteiger partial charge in [0, 0.05) is 18.5 Å². The van der Waals surface area contributed by atoms with Gasteiger partial charge in [0.2, 0.25) is 0 Å². The molecule has 0 saturated heterocycles. The van der Waals surface area contributed by atoms with E-state index in [-0.39, 0.29) is 0 Å². The predicted molar refractivity (Wildman–Crippen MR) is 91.0 cm³/mol. The third-order valence-electron chi connectivity index (χ3n) is 3.56. The summed E-state index contributed by atoms with van der Waals surface area (Å²) in [5.74, 6) is 1.78. The highest BCUT2D eigenvalue weighted by molar-refractivity contribution is 7.13. The lowest BCUT2D eigenvalue weighted by Crippen LogP contribution is -2.20. The Morgan fingerprint density at radius 1 is 1.14 bits per heavy atom. The molecule has 3 aromatic rings. The molecule has 0 aliphatic heterocycles. The van der Waals surface area contributed by atoms with Crippen molar-refractivity contribution in [3.05, 3.63) is 64.9 Å². The fraction of sp³-hybridized carbons (Fsp3) is 0.278. The molecule has 2 heterocycles. The molecule has 0 N–H and O–H groups in total. The molecule has 0 atom stereocenters. The molecule has 114 valence electrons. The van der Waals surface area contributed by atoms with E-state index in [0.29, 0.717) is 0 Å². The van der Waals surface area contributed by atoms with Crippen LogP contribution in [0.15, 0.2) is 52.3 Å². The first-order chi connectivity index (χ1) is 10.7. The first-order valence-electron chi connectivity index (χ1n) is 7.44. The van der Waals surface area contributed by atoms with Crippen molar-refractivity contribution < 1.29 is 4.42 Å². The number of furan rings is 1. The highest BCUT2D eigenvalue weighted by Crippen LogP contribution is 2.25. The van der Waals surface area contributed by atoms with Crippen LogP contribution in [0.25, 0.3) is 10.8 Å². The average molecular weight is 312 g/mol. The van der Waals surface area contributed by atoms with Crippen LogP contribution in [0, 0.1) is 6.92 Å². The number of hydrogen-bond acceptors (Lipinski definition) is 4. The Balaban J connectivity index is 1.55. The zero-order valence-electron chi connectivity index (χ0n) is 13.0. The second kappa shape index (κ2) is 6.90. The largest absolute Gasteiger partial charge is 0.459 e. The van der Waals surface area contributed by atoms with Crippen LogP contribution >= 0.6 is 11.3 Å². The Hall–Kier alpha value is -1.91. The van der Waals surface area contributed by atoms with Gasteiger partial charge in [0.1, 0.15) is 5.76 Å². The molecule has 0 aliphatic rings. The quantitative estimate of drug-likeness (QED) is 0.676. The fourth-order valence-electron chi connectivity index (χ4n) is 2.36. The number of nitrogens with zero attached hydrogens (tertiary/aromatic N) is 2. The van der Waals surface area contributed by atoms with Gasteiger partial charge in [0.05, 0.1) is 5.69 Å². The minimum Gasteiger partial charge on any atom is -0.459 e. The van der Waals surface area contributed by atoms with E-state index >= 15 is 0 Å². The Labute approximate surface area is 135 Å². The summed E-state index contributed by atoms with van der Waals surface area (Å²) in [6.45, 7) is 3.84. The van der Waals surface area contributed by atoms with Crippen molar-refractivity contribution in [2.75, 3.05) is 13.6 Å². The summed E-state index contributed by atoms with van der Waals surface area (Å²) in [4.78, 5) is 6.98. The van der Waals surface area contributed by atoms with E-state index < -0.39 is 0 Å². The third-order valence-corrected chi connectivity index (χ3v) is 4.47.